The van der Waals surface area contributed by atoms with E-state index in [1.807, 2.05) is 0 Å². The van der Waals surface area contributed by atoms with Crippen LogP contribution in [0.3, 0.4) is 0 Å². The summed E-state index contributed by atoms with van der Waals surface area (Å²) in [6.45, 7) is 3.25. The Bertz CT molecular complexity index is 224. The zero-order valence-corrected chi connectivity index (χ0v) is 9.59. The smallest absolute Gasteiger partial charge is 0.237 e. The van der Waals surface area contributed by atoms with E-state index in [2.05, 4.69) is 17.6 Å². The lowest BCUT2D eigenvalue weighted by Crippen LogP contribution is -2.48. The van der Waals surface area contributed by atoms with Crippen molar-refractivity contribution in [1.29, 1.82) is 0 Å². The number of nitrogens with one attached hydrogen (secondary N) is 2. The summed E-state index contributed by atoms with van der Waals surface area (Å²) in [7, 11) is 0. The van der Waals surface area contributed by atoms with Crippen molar-refractivity contribution >= 4 is 5.91 Å². The van der Waals surface area contributed by atoms with E-state index >= 15 is 0 Å². The van der Waals surface area contributed by atoms with Crippen molar-refractivity contribution in [2.24, 2.45) is 5.92 Å². The van der Waals surface area contributed by atoms with Crippen LogP contribution in [0.5, 0.6) is 0 Å². The maximum absolute atomic E-state index is 11.9. The predicted molar refractivity (Wildman–Crippen MR) is 60.6 cm³/mol. The average molecular weight is 210 g/mol. The summed E-state index contributed by atoms with van der Waals surface area (Å²) in [5.41, 5.74) is 0. The highest BCUT2D eigenvalue weighted by atomic mass is 16.2. The Balaban J connectivity index is 1.81. The zero-order chi connectivity index (χ0) is 10.7. The van der Waals surface area contributed by atoms with E-state index in [9.17, 15) is 4.79 Å². The molecular formula is C12H22N2O. The van der Waals surface area contributed by atoms with E-state index in [0.29, 0.717) is 12.0 Å². The second kappa shape index (κ2) is 4.97. The lowest BCUT2D eigenvalue weighted by atomic mass is 9.86. The summed E-state index contributed by atoms with van der Waals surface area (Å²) < 4.78 is 0. The van der Waals surface area contributed by atoms with Crippen LogP contribution in [0.1, 0.15) is 45.4 Å². The molecule has 1 heterocycles. The number of hydrogen-bond acceptors (Lipinski definition) is 2. The number of rotatable bonds is 2. The van der Waals surface area contributed by atoms with E-state index in [0.717, 1.165) is 19.4 Å². The molecule has 1 saturated heterocycles. The normalized spacial score (nSPS) is 36.5. The number of carbonyl (C=O) groups is 1. The molecule has 1 amide bonds. The van der Waals surface area contributed by atoms with Crippen LogP contribution in [0.4, 0.5) is 0 Å². The van der Waals surface area contributed by atoms with Crippen molar-refractivity contribution in [2.75, 3.05) is 6.54 Å². The summed E-state index contributed by atoms with van der Waals surface area (Å²) >= 11 is 0. The Labute approximate surface area is 92.0 Å². The first-order valence-corrected chi connectivity index (χ1v) is 6.31. The fourth-order valence-corrected chi connectivity index (χ4v) is 2.72. The maximum Gasteiger partial charge on any atom is 0.237 e. The third-order valence-corrected chi connectivity index (χ3v) is 3.82. The number of carbonyl (C=O) groups excluding carboxylic acids is 1. The Morgan fingerprint density at radius 1 is 1.20 bits per heavy atom. The van der Waals surface area contributed by atoms with E-state index in [4.69, 9.17) is 0 Å². The van der Waals surface area contributed by atoms with Crippen LogP contribution < -0.4 is 10.6 Å². The van der Waals surface area contributed by atoms with Crippen LogP contribution in [0.25, 0.3) is 0 Å². The van der Waals surface area contributed by atoms with Crippen molar-refractivity contribution in [3.8, 4) is 0 Å². The van der Waals surface area contributed by atoms with Gasteiger partial charge < -0.3 is 10.6 Å². The van der Waals surface area contributed by atoms with Gasteiger partial charge >= 0.3 is 0 Å². The Kier molecular flexibility index (Phi) is 3.62. The fourth-order valence-electron chi connectivity index (χ4n) is 2.72. The molecule has 0 bridgehead atoms. The van der Waals surface area contributed by atoms with E-state index in [1.54, 1.807) is 0 Å². The highest BCUT2D eigenvalue weighted by Gasteiger charge is 2.27. The van der Waals surface area contributed by atoms with Crippen LogP contribution >= 0.6 is 0 Å². The molecule has 0 spiro atoms. The minimum atomic E-state index is 0.0825. The largest absolute Gasteiger partial charge is 0.352 e. The highest BCUT2D eigenvalue weighted by Crippen LogP contribution is 2.23. The minimum absolute atomic E-state index is 0.0825. The second-order valence-corrected chi connectivity index (χ2v) is 5.03. The van der Waals surface area contributed by atoms with Crippen LogP contribution in [-0.4, -0.2) is 24.5 Å². The molecule has 0 unspecified atom stereocenters. The first-order chi connectivity index (χ1) is 7.27. The summed E-state index contributed by atoms with van der Waals surface area (Å²) in [4.78, 5) is 11.9. The van der Waals surface area contributed by atoms with Gasteiger partial charge in [0.2, 0.25) is 5.91 Å². The van der Waals surface area contributed by atoms with Crippen molar-refractivity contribution in [3.63, 3.8) is 0 Å². The second-order valence-electron chi connectivity index (χ2n) is 5.03. The molecule has 1 saturated carbocycles. The third kappa shape index (κ3) is 2.71. The van der Waals surface area contributed by atoms with Crippen molar-refractivity contribution in [1.82, 2.24) is 10.6 Å². The quantitative estimate of drug-likeness (QED) is 0.724. The van der Waals surface area contributed by atoms with E-state index in [1.165, 1.54) is 25.7 Å². The molecule has 2 aliphatic rings. The summed E-state index contributed by atoms with van der Waals surface area (Å²) in [5, 5.41) is 6.46. The summed E-state index contributed by atoms with van der Waals surface area (Å²) in [5.74, 6) is 0.885. The topological polar surface area (TPSA) is 41.1 Å². The highest BCUT2D eigenvalue weighted by molar-refractivity contribution is 5.82. The SMILES string of the molecule is C[C@H]1CCCC[C@H]1NC(=O)[C@@H]1CCCN1. The van der Waals surface area contributed by atoms with Crippen molar-refractivity contribution in [2.45, 2.75) is 57.5 Å². The van der Waals surface area contributed by atoms with Crippen LogP contribution in [0.15, 0.2) is 0 Å². The molecule has 0 aromatic carbocycles. The molecule has 2 fully saturated rings. The molecule has 3 atom stereocenters. The molecular weight excluding hydrogens is 188 g/mol. The summed E-state index contributed by atoms with van der Waals surface area (Å²) in [6, 6.07) is 0.507. The fraction of sp³-hybridized carbons (Fsp3) is 0.917. The Morgan fingerprint density at radius 3 is 2.67 bits per heavy atom. The Hall–Kier alpha value is -0.570. The first-order valence-electron chi connectivity index (χ1n) is 6.31. The van der Waals surface area contributed by atoms with E-state index < -0.39 is 0 Å². The molecule has 1 aliphatic heterocycles. The van der Waals surface area contributed by atoms with Crippen LogP contribution in [0.2, 0.25) is 0 Å². The van der Waals surface area contributed by atoms with Crippen LogP contribution in [0, 0.1) is 5.92 Å². The molecule has 1 aliphatic carbocycles. The molecule has 0 radical (unpaired) electrons. The Morgan fingerprint density at radius 2 is 2.00 bits per heavy atom. The molecule has 3 nitrogen and oxygen atoms in total. The van der Waals surface area contributed by atoms with Gasteiger partial charge in [-0.2, -0.15) is 0 Å². The molecule has 2 N–H and O–H groups in total. The van der Waals surface area contributed by atoms with Gasteiger partial charge in [-0.1, -0.05) is 19.8 Å². The molecule has 2 rings (SSSR count). The van der Waals surface area contributed by atoms with Gasteiger partial charge in [-0.3, -0.25) is 4.79 Å². The number of hydrogen-bond donors (Lipinski definition) is 2. The monoisotopic (exact) mass is 210 g/mol. The van der Waals surface area contributed by atoms with Crippen LogP contribution in [-0.2, 0) is 4.79 Å². The average Bonchev–Trinajstić information content (AvgIpc) is 2.74. The van der Waals surface area contributed by atoms with Crippen molar-refractivity contribution < 1.29 is 4.79 Å². The van der Waals surface area contributed by atoms with E-state index in [-0.39, 0.29) is 11.9 Å². The van der Waals surface area contributed by atoms with Gasteiger partial charge in [0.05, 0.1) is 6.04 Å². The minimum Gasteiger partial charge on any atom is -0.352 e. The predicted octanol–water partition coefficient (Wildman–Crippen LogP) is 1.43. The van der Waals surface area contributed by atoms with Gasteiger partial charge in [-0.15, -0.1) is 0 Å². The summed E-state index contributed by atoms with van der Waals surface area (Å²) in [6.07, 6.45) is 7.18. The van der Waals surface area contributed by atoms with Gasteiger partial charge in [-0.05, 0) is 38.1 Å². The maximum atomic E-state index is 11.9. The zero-order valence-electron chi connectivity index (χ0n) is 9.59. The molecule has 0 aromatic rings. The van der Waals surface area contributed by atoms with Gasteiger partial charge in [0.25, 0.3) is 0 Å². The van der Waals surface area contributed by atoms with Crippen molar-refractivity contribution in [3.05, 3.63) is 0 Å². The molecule has 15 heavy (non-hydrogen) atoms. The molecule has 0 aromatic heterocycles. The third-order valence-electron chi connectivity index (χ3n) is 3.82. The molecule has 3 heteroatoms. The number of amides is 1. The lowest BCUT2D eigenvalue weighted by molar-refractivity contribution is -0.124. The molecule has 86 valence electrons. The van der Waals surface area contributed by atoms with Gasteiger partial charge in [0.15, 0.2) is 0 Å². The lowest BCUT2D eigenvalue weighted by Gasteiger charge is -2.30. The van der Waals surface area contributed by atoms with Gasteiger partial charge in [0, 0.05) is 6.04 Å². The first kappa shape index (κ1) is 10.9. The van der Waals surface area contributed by atoms with Gasteiger partial charge in [0.1, 0.15) is 0 Å². The standard InChI is InChI=1S/C12H22N2O/c1-9-5-2-3-6-10(9)14-12(15)11-7-4-8-13-11/h9-11,13H,2-8H2,1H3,(H,14,15)/t9-,10+,11-/m0/s1. The van der Waals surface area contributed by atoms with Gasteiger partial charge in [-0.25, -0.2) is 0 Å².